The van der Waals surface area contributed by atoms with Crippen molar-refractivity contribution >= 4 is 0 Å². The highest BCUT2D eigenvalue weighted by molar-refractivity contribution is 5.21. The molecule has 0 heterocycles. The van der Waals surface area contributed by atoms with E-state index in [-0.39, 0.29) is 0 Å². The molecule has 0 saturated carbocycles. The SMILES string of the molecule is CN(CCOc1ccccc1)CCN(C)CCOc1ccccc1. The normalized spacial score (nSPS) is 11.0. The van der Waals surface area contributed by atoms with Crippen molar-refractivity contribution in [2.24, 2.45) is 0 Å². The van der Waals surface area contributed by atoms with Gasteiger partial charge < -0.3 is 19.3 Å². The summed E-state index contributed by atoms with van der Waals surface area (Å²) >= 11 is 0. The quantitative estimate of drug-likeness (QED) is 0.633. The molecular formula is C20H28N2O2. The summed E-state index contributed by atoms with van der Waals surface area (Å²) in [6, 6.07) is 19.9. The molecule has 4 nitrogen and oxygen atoms in total. The van der Waals surface area contributed by atoms with Crippen LogP contribution in [0.25, 0.3) is 0 Å². The number of nitrogens with zero attached hydrogens (tertiary/aromatic N) is 2. The first-order chi connectivity index (χ1) is 11.7. The summed E-state index contributed by atoms with van der Waals surface area (Å²) in [5.41, 5.74) is 0. The second-order valence-electron chi connectivity index (χ2n) is 5.93. The van der Waals surface area contributed by atoms with Gasteiger partial charge in [0, 0.05) is 26.2 Å². The Labute approximate surface area is 145 Å². The van der Waals surface area contributed by atoms with Crippen LogP contribution >= 0.6 is 0 Å². The zero-order chi connectivity index (χ0) is 17.0. The third-order valence-corrected chi connectivity index (χ3v) is 3.83. The molecule has 2 aromatic rings. The molecule has 0 aliphatic rings. The van der Waals surface area contributed by atoms with Crippen LogP contribution in [0.2, 0.25) is 0 Å². The molecule has 2 rings (SSSR count). The van der Waals surface area contributed by atoms with Crippen molar-refractivity contribution in [1.82, 2.24) is 9.80 Å². The number of hydrogen-bond acceptors (Lipinski definition) is 4. The van der Waals surface area contributed by atoms with E-state index in [2.05, 4.69) is 23.9 Å². The Kier molecular flexibility index (Phi) is 8.15. The maximum atomic E-state index is 5.72. The number of hydrogen-bond donors (Lipinski definition) is 0. The Balaban J connectivity index is 1.52. The van der Waals surface area contributed by atoms with Gasteiger partial charge in [0.1, 0.15) is 24.7 Å². The average Bonchev–Trinajstić information content (AvgIpc) is 2.62. The van der Waals surface area contributed by atoms with Gasteiger partial charge in [0.15, 0.2) is 0 Å². The van der Waals surface area contributed by atoms with Gasteiger partial charge in [-0.3, -0.25) is 0 Å². The lowest BCUT2D eigenvalue weighted by Crippen LogP contribution is -2.34. The number of ether oxygens (including phenoxy) is 2. The van der Waals surface area contributed by atoms with Crippen molar-refractivity contribution < 1.29 is 9.47 Å². The molecule has 0 bridgehead atoms. The molecule has 0 aliphatic heterocycles. The lowest BCUT2D eigenvalue weighted by atomic mass is 10.3. The van der Waals surface area contributed by atoms with Gasteiger partial charge >= 0.3 is 0 Å². The highest BCUT2D eigenvalue weighted by Crippen LogP contribution is 2.08. The lowest BCUT2D eigenvalue weighted by Gasteiger charge is -2.22. The van der Waals surface area contributed by atoms with Crippen LogP contribution in [0.4, 0.5) is 0 Å². The average molecular weight is 328 g/mol. The fourth-order valence-corrected chi connectivity index (χ4v) is 2.24. The topological polar surface area (TPSA) is 24.9 Å². The number of benzene rings is 2. The van der Waals surface area contributed by atoms with Crippen molar-refractivity contribution in [2.45, 2.75) is 0 Å². The van der Waals surface area contributed by atoms with E-state index in [9.17, 15) is 0 Å². The van der Waals surface area contributed by atoms with E-state index < -0.39 is 0 Å². The monoisotopic (exact) mass is 328 g/mol. The molecule has 0 fully saturated rings. The minimum Gasteiger partial charge on any atom is -0.492 e. The van der Waals surface area contributed by atoms with Crippen LogP contribution in [0, 0.1) is 0 Å². The second-order valence-corrected chi connectivity index (χ2v) is 5.93. The molecule has 0 spiro atoms. The van der Waals surface area contributed by atoms with E-state index in [0.717, 1.165) is 37.7 Å². The Morgan fingerprint density at radius 3 is 1.33 bits per heavy atom. The number of likely N-dealkylation sites (N-methyl/N-ethyl adjacent to an activating group) is 2. The molecule has 0 N–H and O–H groups in total. The highest BCUT2D eigenvalue weighted by Gasteiger charge is 2.03. The molecule has 130 valence electrons. The summed E-state index contributed by atoms with van der Waals surface area (Å²) in [6.45, 7) is 5.29. The summed E-state index contributed by atoms with van der Waals surface area (Å²) in [5, 5.41) is 0. The van der Waals surface area contributed by atoms with E-state index in [1.807, 2.05) is 60.7 Å². The van der Waals surface area contributed by atoms with Crippen molar-refractivity contribution in [3.05, 3.63) is 60.7 Å². The molecule has 0 amide bonds. The first-order valence-corrected chi connectivity index (χ1v) is 8.47. The van der Waals surface area contributed by atoms with Crippen molar-refractivity contribution in [1.29, 1.82) is 0 Å². The molecule has 24 heavy (non-hydrogen) atoms. The highest BCUT2D eigenvalue weighted by atomic mass is 16.5. The predicted octanol–water partition coefficient (Wildman–Crippen LogP) is 3.01. The summed E-state index contributed by atoms with van der Waals surface area (Å²) in [5.74, 6) is 1.86. The molecule has 0 unspecified atom stereocenters. The van der Waals surface area contributed by atoms with Gasteiger partial charge in [-0.15, -0.1) is 0 Å². The van der Waals surface area contributed by atoms with Gasteiger partial charge in [-0.2, -0.15) is 0 Å². The third kappa shape index (κ3) is 7.49. The van der Waals surface area contributed by atoms with Crippen LogP contribution < -0.4 is 9.47 Å². The molecule has 0 atom stereocenters. The maximum absolute atomic E-state index is 5.72. The predicted molar refractivity (Wildman–Crippen MR) is 98.9 cm³/mol. The summed E-state index contributed by atoms with van der Waals surface area (Å²) in [6.07, 6.45) is 0. The minimum atomic E-state index is 0.710. The van der Waals surface area contributed by atoms with Crippen LogP contribution in [0.3, 0.4) is 0 Å². The first-order valence-electron chi connectivity index (χ1n) is 8.47. The minimum absolute atomic E-state index is 0.710. The number of para-hydroxylation sites is 2. The van der Waals surface area contributed by atoms with Crippen molar-refractivity contribution in [2.75, 3.05) is 53.5 Å². The maximum Gasteiger partial charge on any atom is 0.119 e. The van der Waals surface area contributed by atoms with Gasteiger partial charge in [-0.1, -0.05) is 36.4 Å². The largest absolute Gasteiger partial charge is 0.492 e. The van der Waals surface area contributed by atoms with Gasteiger partial charge in [0.25, 0.3) is 0 Å². The summed E-state index contributed by atoms with van der Waals surface area (Å²) in [7, 11) is 4.26. The van der Waals surface area contributed by atoms with Crippen LogP contribution in [0.15, 0.2) is 60.7 Å². The van der Waals surface area contributed by atoms with Crippen LogP contribution in [0.1, 0.15) is 0 Å². The second kappa shape index (κ2) is 10.7. The van der Waals surface area contributed by atoms with E-state index in [0.29, 0.717) is 13.2 Å². The van der Waals surface area contributed by atoms with Crippen molar-refractivity contribution in [3.63, 3.8) is 0 Å². The Morgan fingerprint density at radius 2 is 0.958 bits per heavy atom. The fraction of sp³-hybridized carbons (Fsp3) is 0.400. The molecular weight excluding hydrogens is 300 g/mol. The Hall–Kier alpha value is -2.04. The van der Waals surface area contributed by atoms with Crippen LogP contribution in [-0.2, 0) is 0 Å². The van der Waals surface area contributed by atoms with Gasteiger partial charge in [0.05, 0.1) is 0 Å². The van der Waals surface area contributed by atoms with E-state index in [4.69, 9.17) is 9.47 Å². The fourth-order valence-electron chi connectivity index (χ4n) is 2.24. The van der Waals surface area contributed by atoms with Gasteiger partial charge in [-0.05, 0) is 38.4 Å². The Bertz CT molecular complexity index is 497. The van der Waals surface area contributed by atoms with Crippen LogP contribution in [0.5, 0.6) is 11.5 Å². The molecule has 0 aliphatic carbocycles. The van der Waals surface area contributed by atoms with E-state index in [1.165, 1.54) is 0 Å². The summed E-state index contributed by atoms with van der Waals surface area (Å²) < 4.78 is 11.4. The van der Waals surface area contributed by atoms with E-state index >= 15 is 0 Å². The van der Waals surface area contributed by atoms with E-state index in [1.54, 1.807) is 0 Å². The Morgan fingerprint density at radius 1 is 0.583 bits per heavy atom. The summed E-state index contributed by atoms with van der Waals surface area (Å²) in [4.78, 5) is 4.58. The molecule has 4 heteroatoms. The lowest BCUT2D eigenvalue weighted by molar-refractivity contribution is 0.195. The van der Waals surface area contributed by atoms with Gasteiger partial charge in [-0.25, -0.2) is 0 Å². The van der Waals surface area contributed by atoms with Gasteiger partial charge in [0.2, 0.25) is 0 Å². The first kappa shape index (κ1) is 18.3. The molecule has 0 aromatic heterocycles. The van der Waals surface area contributed by atoms with Crippen molar-refractivity contribution in [3.8, 4) is 11.5 Å². The standard InChI is InChI=1S/C20H28N2O2/c1-21(15-17-23-19-9-5-3-6-10-19)13-14-22(2)16-18-24-20-11-7-4-8-12-20/h3-12H,13-18H2,1-2H3. The number of rotatable bonds is 11. The molecule has 0 radical (unpaired) electrons. The van der Waals surface area contributed by atoms with Crippen LogP contribution in [-0.4, -0.2) is 63.3 Å². The third-order valence-electron chi connectivity index (χ3n) is 3.83. The molecule has 0 saturated heterocycles. The zero-order valence-corrected chi connectivity index (χ0v) is 14.7. The zero-order valence-electron chi connectivity index (χ0n) is 14.7. The molecule has 2 aromatic carbocycles. The smallest absolute Gasteiger partial charge is 0.119 e.